The molecule has 4 aliphatic rings. The van der Waals surface area contributed by atoms with Crippen LogP contribution < -0.4 is 0 Å². The minimum atomic E-state index is -0.734. The minimum absolute atomic E-state index is 0.0486. The highest BCUT2D eigenvalue weighted by Crippen LogP contribution is 2.66. The number of Topliss-reactive ketones (excluding diaryl/α,β-unsaturated/α-hetero) is 1. The van der Waals surface area contributed by atoms with E-state index in [1.807, 2.05) is 13.8 Å². The Labute approximate surface area is 160 Å². The van der Waals surface area contributed by atoms with E-state index in [0.29, 0.717) is 18.4 Å². The zero-order valence-corrected chi connectivity index (χ0v) is 16.5. The number of carbonyl (C=O) groups is 2. The fourth-order valence-corrected chi connectivity index (χ4v) is 6.99. The van der Waals surface area contributed by atoms with Gasteiger partial charge in [0.25, 0.3) is 0 Å². The summed E-state index contributed by atoms with van der Waals surface area (Å²) in [5.41, 5.74) is 0.151. The van der Waals surface area contributed by atoms with Gasteiger partial charge in [0.15, 0.2) is 5.76 Å². The van der Waals surface area contributed by atoms with Crippen molar-refractivity contribution in [1.82, 2.24) is 0 Å². The Hall–Kier alpha value is -1.78. The average molecular weight is 374 g/mol. The van der Waals surface area contributed by atoms with Gasteiger partial charge in [-0.15, -0.1) is 0 Å². The molecular weight excluding hydrogens is 344 g/mol. The lowest BCUT2D eigenvalue weighted by Gasteiger charge is -2.56. The van der Waals surface area contributed by atoms with Gasteiger partial charge in [0.1, 0.15) is 0 Å². The van der Waals surface area contributed by atoms with Crippen LogP contribution in [0.15, 0.2) is 23.2 Å². The van der Waals surface area contributed by atoms with Crippen molar-refractivity contribution in [2.75, 3.05) is 6.61 Å². The van der Waals surface area contributed by atoms with Crippen molar-refractivity contribution in [3.8, 4) is 0 Å². The molecule has 5 nitrogen and oxygen atoms in total. The molecule has 0 bridgehead atoms. The highest BCUT2D eigenvalue weighted by Gasteiger charge is 2.62. The normalized spacial score (nSPS) is 43.5. The van der Waals surface area contributed by atoms with Crippen LogP contribution in [0, 0.1) is 34.5 Å². The molecule has 4 rings (SSSR count). The smallest absolute Gasteiger partial charge is 0.309 e. The fraction of sp³-hybridized carbons (Fsp3) is 0.727. The highest BCUT2D eigenvalue weighted by molar-refractivity contribution is 6.02. The number of fused-ring (bicyclic) bond motifs is 5. The zero-order valence-electron chi connectivity index (χ0n) is 16.5. The topological polar surface area (TPSA) is 83.8 Å². The third kappa shape index (κ3) is 2.36. The Morgan fingerprint density at radius 1 is 1.19 bits per heavy atom. The molecule has 4 aliphatic carbocycles. The first-order valence-electron chi connectivity index (χ1n) is 10.3. The van der Waals surface area contributed by atoms with Crippen LogP contribution in [-0.4, -0.2) is 28.6 Å². The maximum Gasteiger partial charge on any atom is 0.309 e. The largest absolute Gasteiger partial charge is 0.504 e. The van der Waals surface area contributed by atoms with E-state index in [1.54, 1.807) is 6.08 Å². The van der Waals surface area contributed by atoms with Crippen LogP contribution in [0.5, 0.6) is 0 Å². The predicted molar refractivity (Wildman–Crippen MR) is 99.9 cm³/mol. The van der Waals surface area contributed by atoms with Crippen molar-refractivity contribution in [3.63, 3.8) is 0 Å². The maximum absolute atomic E-state index is 13.0. The Balaban J connectivity index is 1.66. The third-order valence-corrected chi connectivity index (χ3v) is 8.40. The van der Waals surface area contributed by atoms with Gasteiger partial charge in [0.2, 0.25) is 11.5 Å². The number of ether oxygens (including phenoxy) is 1. The van der Waals surface area contributed by atoms with Gasteiger partial charge in [-0.1, -0.05) is 12.5 Å². The molecule has 6 atom stereocenters. The Bertz CT molecular complexity index is 750. The number of allylic oxidation sites excluding steroid dienone is 3. The quantitative estimate of drug-likeness (QED) is 0.706. The molecule has 0 spiro atoms. The van der Waals surface area contributed by atoms with Gasteiger partial charge < -0.3 is 14.9 Å². The van der Waals surface area contributed by atoms with Crippen molar-refractivity contribution >= 4 is 11.8 Å². The summed E-state index contributed by atoms with van der Waals surface area (Å²) < 4.78 is 5.36. The van der Waals surface area contributed by atoms with Crippen molar-refractivity contribution in [2.24, 2.45) is 34.5 Å². The first kappa shape index (κ1) is 18.6. The molecule has 0 aliphatic heterocycles. The molecule has 148 valence electrons. The van der Waals surface area contributed by atoms with Crippen LogP contribution in [0.25, 0.3) is 0 Å². The van der Waals surface area contributed by atoms with Crippen LogP contribution in [0.4, 0.5) is 0 Å². The summed E-state index contributed by atoms with van der Waals surface area (Å²) in [6, 6.07) is 0. The van der Waals surface area contributed by atoms with Crippen molar-refractivity contribution in [1.29, 1.82) is 0 Å². The number of rotatable bonds is 2. The molecule has 0 aromatic rings. The molecule has 2 N–H and O–H groups in total. The van der Waals surface area contributed by atoms with Gasteiger partial charge in [-0.25, -0.2) is 0 Å². The van der Waals surface area contributed by atoms with Gasteiger partial charge in [-0.2, -0.15) is 0 Å². The molecular formula is C22H30O5. The highest BCUT2D eigenvalue weighted by atomic mass is 16.5. The number of esters is 1. The van der Waals surface area contributed by atoms with Crippen molar-refractivity contribution < 1.29 is 24.5 Å². The summed E-state index contributed by atoms with van der Waals surface area (Å²) in [6.45, 7) is 6.45. The lowest BCUT2D eigenvalue weighted by molar-refractivity contribution is -0.156. The van der Waals surface area contributed by atoms with Crippen LogP contribution in [0.3, 0.4) is 0 Å². The molecule has 27 heavy (non-hydrogen) atoms. The van der Waals surface area contributed by atoms with E-state index in [-0.39, 0.29) is 34.8 Å². The summed E-state index contributed by atoms with van der Waals surface area (Å²) in [4.78, 5) is 25.5. The average Bonchev–Trinajstić information content (AvgIpc) is 2.99. The van der Waals surface area contributed by atoms with Gasteiger partial charge in [-0.05, 0) is 81.6 Å². The number of carbonyl (C=O) groups excluding carboxylic acids is 2. The Morgan fingerprint density at radius 2 is 1.93 bits per heavy atom. The monoisotopic (exact) mass is 374 g/mol. The van der Waals surface area contributed by atoms with Crippen LogP contribution in [0.1, 0.15) is 59.3 Å². The summed E-state index contributed by atoms with van der Waals surface area (Å²) in [7, 11) is 0. The first-order valence-corrected chi connectivity index (χ1v) is 10.3. The Morgan fingerprint density at radius 3 is 2.63 bits per heavy atom. The Kier molecular flexibility index (Phi) is 4.21. The van der Waals surface area contributed by atoms with Crippen molar-refractivity contribution in [3.05, 3.63) is 23.2 Å². The minimum Gasteiger partial charge on any atom is -0.504 e. The lowest BCUT2D eigenvalue weighted by Crippen LogP contribution is -2.54. The number of aliphatic hydroxyl groups excluding tert-OH is 2. The van der Waals surface area contributed by atoms with E-state index < -0.39 is 11.2 Å². The number of aliphatic hydroxyl groups is 2. The van der Waals surface area contributed by atoms with E-state index in [0.717, 1.165) is 44.1 Å². The molecule has 0 aromatic heterocycles. The third-order valence-electron chi connectivity index (χ3n) is 8.40. The van der Waals surface area contributed by atoms with E-state index in [4.69, 9.17) is 4.74 Å². The number of ketones is 1. The van der Waals surface area contributed by atoms with Crippen molar-refractivity contribution in [2.45, 2.75) is 59.3 Å². The molecule has 0 unspecified atom stereocenters. The molecule has 0 saturated heterocycles. The second-order valence-electron chi connectivity index (χ2n) is 9.28. The van der Waals surface area contributed by atoms with E-state index in [1.165, 1.54) is 0 Å². The molecule has 0 aromatic carbocycles. The molecule has 0 amide bonds. The molecule has 3 saturated carbocycles. The van der Waals surface area contributed by atoms with E-state index in [9.17, 15) is 19.8 Å². The summed E-state index contributed by atoms with van der Waals surface area (Å²) >= 11 is 0. The second kappa shape index (κ2) is 6.11. The second-order valence-corrected chi connectivity index (χ2v) is 9.28. The van der Waals surface area contributed by atoms with Gasteiger partial charge in [0.05, 0.1) is 17.9 Å². The lowest BCUT2D eigenvalue weighted by atomic mass is 9.47. The van der Waals surface area contributed by atoms with Crippen LogP contribution in [0.2, 0.25) is 0 Å². The number of hydrogen-bond donors (Lipinski definition) is 2. The van der Waals surface area contributed by atoms with Crippen LogP contribution >= 0.6 is 0 Å². The predicted octanol–water partition coefficient (Wildman–Crippen LogP) is 4.25. The summed E-state index contributed by atoms with van der Waals surface area (Å²) in [5, 5.41) is 20.0. The first-order chi connectivity index (χ1) is 12.7. The fourth-order valence-electron chi connectivity index (χ4n) is 6.99. The van der Waals surface area contributed by atoms with E-state index >= 15 is 0 Å². The zero-order chi connectivity index (χ0) is 19.6. The van der Waals surface area contributed by atoms with Crippen LogP contribution in [-0.2, 0) is 14.3 Å². The van der Waals surface area contributed by atoms with Gasteiger partial charge in [0, 0.05) is 0 Å². The molecule has 5 heteroatoms. The SMILES string of the molecule is CCOC(=O)[C@H]1CC[C@H]2[C@@H]3CCC4=CC(O)=C(O)C(=O)[C@]4(C)[C@H]3CC[C@]12C. The summed E-state index contributed by atoms with van der Waals surface area (Å²) in [6.07, 6.45) is 6.97. The molecule has 0 heterocycles. The molecule has 0 radical (unpaired) electrons. The van der Waals surface area contributed by atoms with Gasteiger partial charge >= 0.3 is 5.97 Å². The summed E-state index contributed by atoms with van der Waals surface area (Å²) in [5.74, 6) is -0.327. The molecule has 3 fully saturated rings. The van der Waals surface area contributed by atoms with Gasteiger partial charge in [-0.3, -0.25) is 9.59 Å². The standard InChI is InChI=1S/C22H30O5/c1-4-27-20(26)16-8-7-14-13-6-5-12-11-17(23)18(24)19(25)22(12,3)15(13)9-10-21(14,16)2/h11,13-16,23-24H,4-10H2,1-3H3/t13-,14-,15-,16+,21-,22-/m0/s1. The number of hydrogen-bond acceptors (Lipinski definition) is 5. The maximum atomic E-state index is 13.0. The van der Waals surface area contributed by atoms with E-state index in [2.05, 4.69) is 6.92 Å².